The minimum atomic E-state index is -1.12. The van der Waals surface area contributed by atoms with Crippen LogP contribution in [0.3, 0.4) is 0 Å². The van der Waals surface area contributed by atoms with Crippen LogP contribution in [0.25, 0.3) is 0 Å². The van der Waals surface area contributed by atoms with Gasteiger partial charge >= 0.3 is 12.1 Å². The molecule has 12 nitrogen and oxygen atoms in total. The number of aliphatic hydroxyl groups is 1. The number of rotatable bonds is 21. The van der Waals surface area contributed by atoms with Crippen LogP contribution in [0.4, 0.5) is 4.79 Å². The van der Waals surface area contributed by atoms with Gasteiger partial charge in [0, 0.05) is 52.2 Å². The molecule has 1 aromatic rings. The van der Waals surface area contributed by atoms with E-state index in [0.717, 1.165) is 24.8 Å². The van der Waals surface area contributed by atoms with Gasteiger partial charge < -0.3 is 44.2 Å². The number of carbonyl (C=O) groups is 3. The summed E-state index contributed by atoms with van der Waals surface area (Å²) in [6.45, 7) is 15.2. The smallest absolute Gasteiger partial charge is 0.410 e. The van der Waals surface area contributed by atoms with Crippen molar-refractivity contribution < 1.29 is 47.9 Å². The first-order valence-corrected chi connectivity index (χ1v) is 17.8. The predicted octanol–water partition coefficient (Wildman–Crippen LogP) is 5.27. The van der Waals surface area contributed by atoms with E-state index < -0.39 is 36.4 Å². The third-order valence-electron chi connectivity index (χ3n) is 8.97. The van der Waals surface area contributed by atoms with Gasteiger partial charge in [-0.3, -0.25) is 9.59 Å². The van der Waals surface area contributed by atoms with Crippen molar-refractivity contribution in [1.82, 2.24) is 10.6 Å². The van der Waals surface area contributed by atoms with E-state index in [1.165, 1.54) is 6.92 Å². The molecular weight excluding hydrogens is 632 g/mol. The van der Waals surface area contributed by atoms with E-state index in [0.29, 0.717) is 50.8 Å². The van der Waals surface area contributed by atoms with Crippen LogP contribution in [0.2, 0.25) is 0 Å². The lowest BCUT2D eigenvalue weighted by atomic mass is 9.80. The zero-order valence-corrected chi connectivity index (χ0v) is 31.1. The molecule has 12 heteroatoms. The fourth-order valence-electron chi connectivity index (χ4n) is 5.79. The maximum absolute atomic E-state index is 13.5. The second kappa shape index (κ2) is 21.9. The van der Waals surface area contributed by atoms with Crippen LogP contribution >= 0.6 is 0 Å². The maximum Gasteiger partial charge on any atom is 0.410 e. The Hall–Kier alpha value is -3.09. The SMILES string of the molecule is COCCCOc1cc(C[C@@H](C[C@H](NC(=O)OC(C)OC(=O)C(C)C)[C@@H](O)C[C@H](C(=O)NC2CCOCC2)C(C)C)C(C)C)ccc1OC. The van der Waals surface area contributed by atoms with Crippen molar-refractivity contribution in [2.24, 2.45) is 29.6 Å². The molecule has 1 saturated heterocycles. The van der Waals surface area contributed by atoms with Crippen LogP contribution in [0.5, 0.6) is 11.5 Å². The minimum absolute atomic E-state index is 0.0134. The van der Waals surface area contributed by atoms with E-state index in [1.54, 1.807) is 28.1 Å². The number of hydrogen-bond acceptors (Lipinski definition) is 10. The molecule has 3 N–H and O–H groups in total. The van der Waals surface area contributed by atoms with Crippen molar-refractivity contribution in [2.45, 2.75) is 111 Å². The van der Waals surface area contributed by atoms with Crippen LogP contribution in [0, 0.1) is 29.6 Å². The topological polar surface area (TPSA) is 151 Å². The molecule has 0 saturated carbocycles. The number of amides is 2. The Bertz CT molecular complexity index is 1140. The van der Waals surface area contributed by atoms with Gasteiger partial charge in [0.25, 0.3) is 0 Å². The number of carbonyl (C=O) groups excluding carboxylic acids is 3. The van der Waals surface area contributed by atoms with Crippen LogP contribution < -0.4 is 20.1 Å². The number of benzene rings is 1. The summed E-state index contributed by atoms with van der Waals surface area (Å²) in [4.78, 5) is 38.7. The summed E-state index contributed by atoms with van der Waals surface area (Å²) < 4.78 is 32.7. The quantitative estimate of drug-likeness (QED) is 0.0882. The van der Waals surface area contributed by atoms with Crippen LogP contribution in [-0.4, -0.2) is 88.2 Å². The van der Waals surface area contributed by atoms with Gasteiger partial charge in [0.1, 0.15) is 0 Å². The molecule has 1 heterocycles. The molecule has 1 aromatic carbocycles. The Labute approximate surface area is 293 Å². The Morgan fingerprint density at radius 1 is 0.918 bits per heavy atom. The van der Waals surface area contributed by atoms with Gasteiger partial charge in [-0.15, -0.1) is 0 Å². The second-order valence-corrected chi connectivity index (χ2v) is 14.0. The fourth-order valence-corrected chi connectivity index (χ4v) is 5.79. The zero-order chi connectivity index (χ0) is 36.5. The first kappa shape index (κ1) is 42.1. The summed E-state index contributed by atoms with van der Waals surface area (Å²) in [6, 6.07) is 5.11. The minimum Gasteiger partial charge on any atom is -0.493 e. The van der Waals surface area contributed by atoms with E-state index >= 15 is 0 Å². The number of hydrogen-bond donors (Lipinski definition) is 3. The molecule has 0 radical (unpaired) electrons. The molecule has 5 atom stereocenters. The summed E-state index contributed by atoms with van der Waals surface area (Å²) in [5, 5.41) is 17.7. The lowest BCUT2D eigenvalue weighted by Crippen LogP contribution is -2.49. The first-order chi connectivity index (χ1) is 23.2. The summed E-state index contributed by atoms with van der Waals surface area (Å²) in [6.07, 6.45) is 0.398. The van der Waals surface area contributed by atoms with Gasteiger partial charge in [0.05, 0.1) is 31.8 Å². The molecule has 280 valence electrons. The third-order valence-corrected chi connectivity index (χ3v) is 8.97. The highest BCUT2D eigenvalue weighted by molar-refractivity contribution is 5.79. The number of aliphatic hydroxyl groups excluding tert-OH is 1. The average molecular weight is 695 g/mol. The lowest BCUT2D eigenvalue weighted by molar-refractivity contribution is -0.168. The van der Waals surface area contributed by atoms with Crippen molar-refractivity contribution in [3.63, 3.8) is 0 Å². The number of ether oxygens (including phenoxy) is 6. The predicted molar refractivity (Wildman–Crippen MR) is 186 cm³/mol. The first-order valence-electron chi connectivity index (χ1n) is 17.8. The van der Waals surface area contributed by atoms with E-state index in [4.69, 9.17) is 28.4 Å². The van der Waals surface area contributed by atoms with E-state index in [-0.39, 0.29) is 42.0 Å². The molecular formula is C37H62N2O10. The maximum atomic E-state index is 13.5. The van der Waals surface area contributed by atoms with Gasteiger partial charge in [0.15, 0.2) is 11.5 Å². The summed E-state index contributed by atoms with van der Waals surface area (Å²) in [5.74, 6) is -0.0836. The largest absolute Gasteiger partial charge is 0.493 e. The Morgan fingerprint density at radius 3 is 2.20 bits per heavy atom. The third kappa shape index (κ3) is 15.1. The highest BCUT2D eigenvalue weighted by Crippen LogP contribution is 2.32. The van der Waals surface area contributed by atoms with Gasteiger partial charge in [-0.25, -0.2) is 4.79 Å². The fraction of sp³-hybridized carbons (Fsp3) is 0.757. The summed E-state index contributed by atoms with van der Waals surface area (Å²) >= 11 is 0. The van der Waals surface area contributed by atoms with Crippen molar-refractivity contribution >= 4 is 18.0 Å². The molecule has 0 bridgehead atoms. The van der Waals surface area contributed by atoms with Gasteiger partial charge in [0.2, 0.25) is 12.2 Å². The Morgan fingerprint density at radius 2 is 1.61 bits per heavy atom. The van der Waals surface area contributed by atoms with Crippen LogP contribution in [0.15, 0.2) is 18.2 Å². The summed E-state index contributed by atoms with van der Waals surface area (Å²) in [5.41, 5.74) is 1.02. The lowest BCUT2D eigenvalue weighted by Gasteiger charge is -2.33. The molecule has 0 aromatic heterocycles. The van der Waals surface area contributed by atoms with Crippen molar-refractivity contribution in [3.8, 4) is 11.5 Å². The summed E-state index contributed by atoms with van der Waals surface area (Å²) in [7, 11) is 3.25. The van der Waals surface area contributed by atoms with E-state index in [9.17, 15) is 19.5 Å². The monoisotopic (exact) mass is 694 g/mol. The number of alkyl carbamates (subject to hydrolysis) is 1. The standard InChI is InChI=1S/C37H62N2O10/c1-23(2)28(19-27-11-12-33(45-9)34(20-27)47-16-10-15-44-8)21-31(39-37(43)49-26(7)48-36(42)25(5)6)32(40)22-30(24(3)4)35(41)38-29-13-17-46-18-14-29/h11-12,20,23-26,28-32,40H,10,13-19,21-22H2,1-9H3,(H,38,41)(H,39,43)/t26?,28-,30-,31-,32-/m0/s1. The molecule has 1 aliphatic rings. The zero-order valence-electron chi connectivity index (χ0n) is 31.1. The average Bonchev–Trinajstić information content (AvgIpc) is 3.04. The Kier molecular flexibility index (Phi) is 18.8. The molecule has 2 rings (SSSR count). The van der Waals surface area contributed by atoms with Gasteiger partial charge in [-0.2, -0.15) is 0 Å². The van der Waals surface area contributed by atoms with Crippen molar-refractivity contribution in [2.75, 3.05) is 40.6 Å². The number of esters is 1. The normalized spacial score (nSPS) is 16.8. The molecule has 0 spiro atoms. The molecule has 2 amide bonds. The number of methoxy groups -OCH3 is 2. The van der Waals surface area contributed by atoms with Crippen LogP contribution in [0.1, 0.15) is 86.1 Å². The second-order valence-electron chi connectivity index (χ2n) is 14.0. The Balaban J connectivity index is 2.28. The van der Waals surface area contributed by atoms with E-state index in [2.05, 4.69) is 24.5 Å². The molecule has 1 fully saturated rings. The molecule has 49 heavy (non-hydrogen) atoms. The van der Waals surface area contributed by atoms with Crippen molar-refractivity contribution in [1.29, 1.82) is 0 Å². The van der Waals surface area contributed by atoms with Crippen LogP contribution in [-0.2, 0) is 35.0 Å². The van der Waals surface area contributed by atoms with E-state index in [1.807, 2.05) is 32.0 Å². The highest BCUT2D eigenvalue weighted by Gasteiger charge is 2.34. The van der Waals surface area contributed by atoms with Gasteiger partial charge in [-0.1, -0.05) is 47.6 Å². The highest BCUT2D eigenvalue weighted by atomic mass is 16.7. The van der Waals surface area contributed by atoms with Gasteiger partial charge in [-0.05, 0) is 67.6 Å². The number of nitrogens with one attached hydrogen (secondary N) is 2. The molecule has 1 unspecified atom stereocenters. The molecule has 0 aliphatic carbocycles. The molecule has 1 aliphatic heterocycles. The van der Waals surface area contributed by atoms with Crippen molar-refractivity contribution in [3.05, 3.63) is 23.8 Å².